The zero-order chi connectivity index (χ0) is 17.6. The van der Waals surface area contributed by atoms with E-state index in [1.807, 2.05) is 0 Å². The Balaban J connectivity index is 2.76. The summed E-state index contributed by atoms with van der Waals surface area (Å²) in [7, 11) is 0. The Kier molecular flexibility index (Phi) is 6.68. The fourth-order valence-electron chi connectivity index (χ4n) is 1.69. The number of hydrogen-bond acceptors (Lipinski definition) is 6. The van der Waals surface area contributed by atoms with E-state index in [2.05, 4.69) is 10.3 Å². The first-order valence-corrected chi connectivity index (χ1v) is 7.33. The van der Waals surface area contributed by atoms with E-state index in [1.54, 1.807) is 33.8 Å². The topological polar surface area (TPSA) is 94.6 Å². The maximum absolute atomic E-state index is 12.3. The van der Waals surface area contributed by atoms with Crippen molar-refractivity contribution in [2.75, 3.05) is 6.61 Å². The minimum absolute atomic E-state index is 0.0160. The molecule has 1 aromatic heterocycles. The number of esters is 2. The predicted molar refractivity (Wildman–Crippen MR) is 83.0 cm³/mol. The fourth-order valence-corrected chi connectivity index (χ4v) is 1.69. The monoisotopic (exact) mass is 322 g/mol. The maximum Gasteiger partial charge on any atom is 0.308 e. The molecule has 7 nitrogen and oxygen atoms in total. The summed E-state index contributed by atoms with van der Waals surface area (Å²) in [5.74, 6) is -1.47. The summed E-state index contributed by atoms with van der Waals surface area (Å²) in [4.78, 5) is 38.8. The van der Waals surface area contributed by atoms with Gasteiger partial charge >= 0.3 is 11.9 Å². The highest BCUT2D eigenvalue weighted by atomic mass is 16.5. The van der Waals surface area contributed by atoms with Gasteiger partial charge in [-0.2, -0.15) is 0 Å². The highest BCUT2D eigenvalue weighted by molar-refractivity contribution is 5.96. The van der Waals surface area contributed by atoms with E-state index in [9.17, 15) is 14.4 Å². The molecule has 1 unspecified atom stereocenters. The van der Waals surface area contributed by atoms with Crippen LogP contribution in [-0.4, -0.2) is 35.5 Å². The lowest BCUT2D eigenvalue weighted by Crippen LogP contribution is -2.37. The van der Waals surface area contributed by atoms with Crippen LogP contribution >= 0.6 is 0 Å². The molecule has 0 aliphatic heterocycles. The number of pyridine rings is 1. The van der Waals surface area contributed by atoms with Gasteiger partial charge in [0.05, 0.1) is 12.0 Å². The summed E-state index contributed by atoms with van der Waals surface area (Å²) in [5.41, 5.74) is 0.640. The SMILES string of the molecule is CC(=O)Oc1c(C)ccnc1C(=O)NC(C)COC(=O)C(C)C. The van der Waals surface area contributed by atoms with E-state index < -0.39 is 17.9 Å². The van der Waals surface area contributed by atoms with Crippen LogP contribution in [0.5, 0.6) is 5.75 Å². The van der Waals surface area contributed by atoms with Crippen LogP contribution in [0.15, 0.2) is 12.3 Å². The van der Waals surface area contributed by atoms with Gasteiger partial charge in [-0.1, -0.05) is 13.8 Å². The van der Waals surface area contributed by atoms with Crippen molar-refractivity contribution in [3.63, 3.8) is 0 Å². The summed E-state index contributed by atoms with van der Waals surface area (Å²) in [6.45, 7) is 8.18. The standard InChI is InChI=1S/C16H22N2O5/c1-9(2)16(21)22-8-11(4)18-15(20)13-14(23-12(5)19)10(3)6-7-17-13/h6-7,9,11H,8H2,1-5H3,(H,18,20). The van der Waals surface area contributed by atoms with E-state index in [4.69, 9.17) is 9.47 Å². The third-order valence-corrected chi connectivity index (χ3v) is 2.89. The maximum atomic E-state index is 12.3. The van der Waals surface area contributed by atoms with Crippen LogP contribution in [0, 0.1) is 12.8 Å². The molecule has 0 saturated carbocycles. The number of amides is 1. The van der Waals surface area contributed by atoms with Crippen molar-refractivity contribution < 1.29 is 23.9 Å². The fraction of sp³-hybridized carbons (Fsp3) is 0.500. The Bertz CT molecular complexity index is 598. The molecule has 0 aliphatic rings. The quantitative estimate of drug-likeness (QED) is 0.800. The summed E-state index contributed by atoms with van der Waals surface area (Å²) in [6, 6.07) is 1.24. The van der Waals surface area contributed by atoms with Gasteiger partial charge in [0, 0.05) is 13.1 Å². The van der Waals surface area contributed by atoms with Crippen LogP contribution < -0.4 is 10.1 Å². The van der Waals surface area contributed by atoms with Crippen LogP contribution in [0.25, 0.3) is 0 Å². The Morgan fingerprint density at radius 2 is 1.91 bits per heavy atom. The summed E-state index contributed by atoms with van der Waals surface area (Å²) in [6.07, 6.45) is 1.46. The lowest BCUT2D eigenvalue weighted by atomic mass is 10.2. The molecule has 1 amide bonds. The molecule has 1 heterocycles. The average Bonchev–Trinajstić information content (AvgIpc) is 2.46. The van der Waals surface area contributed by atoms with Gasteiger partial charge in [0.15, 0.2) is 11.4 Å². The normalized spacial score (nSPS) is 11.7. The second-order valence-electron chi connectivity index (χ2n) is 5.56. The number of carbonyl (C=O) groups is 3. The van der Waals surface area contributed by atoms with Crippen molar-refractivity contribution in [2.24, 2.45) is 5.92 Å². The molecule has 0 spiro atoms. The second kappa shape index (κ2) is 8.26. The molecular formula is C16H22N2O5. The summed E-state index contributed by atoms with van der Waals surface area (Å²) in [5, 5.41) is 2.66. The van der Waals surface area contributed by atoms with E-state index in [-0.39, 0.29) is 29.9 Å². The lowest BCUT2D eigenvalue weighted by Gasteiger charge is -2.16. The molecule has 7 heteroatoms. The highest BCUT2D eigenvalue weighted by Crippen LogP contribution is 2.21. The number of ether oxygens (including phenoxy) is 2. The minimum atomic E-state index is -0.533. The van der Waals surface area contributed by atoms with Crippen molar-refractivity contribution in [2.45, 2.75) is 40.7 Å². The average molecular weight is 322 g/mol. The predicted octanol–water partition coefficient (Wildman–Crippen LogP) is 1.63. The van der Waals surface area contributed by atoms with Crippen molar-refractivity contribution in [3.05, 3.63) is 23.5 Å². The molecule has 0 aliphatic carbocycles. The Labute approximate surface area is 135 Å². The van der Waals surface area contributed by atoms with E-state index in [0.29, 0.717) is 5.56 Å². The van der Waals surface area contributed by atoms with Crippen LogP contribution in [0.4, 0.5) is 0 Å². The van der Waals surface area contributed by atoms with Crippen LogP contribution in [0.3, 0.4) is 0 Å². The number of carbonyl (C=O) groups excluding carboxylic acids is 3. The van der Waals surface area contributed by atoms with Crippen molar-refractivity contribution in [1.29, 1.82) is 0 Å². The van der Waals surface area contributed by atoms with Crippen LogP contribution in [0.2, 0.25) is 0 Å². The first kappa shape index (κ1) is 18.6. The molecule has 0 aromatic carbocycles. The molecule has 1 atom stereocenters. The van der Waals surface area contributed by atoms with E-state index in [1.165, 1.54) is 13.1 Å². The first-order chi connectivity index (χ1) is 10.7. The van der Waals surface area contributed by atoms with Crippen molar-refractivity contribution >= 4 is 17.8 Å². The molecule has 0 radical (unpaired) electrons. The molecule has 1 aromatic rings. The van der Waals surface area contributed by atoms with Gasteiger partial charge in [0.25, 0.3) is 5.91 Å². The smallest absolute Gasteiger partial charge is 0.308 e. The van der Waals surface area contributed by atoms with E-state index in [0.717, 1.165) is 0 Å². The van der Waals surface area contributed by atoms with Gasteiger partial charge in [0.1, 0.15) is 6.61 Å². The zero-order valence-corrected chi connectivity index (χ0v) is 14.0. The summed E-state index contributed by atoms with van der Waals surface area (Å²) >= 11 is 0. The van der Waals surface area contributed by atoms with Crippen molar-refractivity contribution in [1.82, 2.24) is 10.3 Å². The van der Waals surface area contributed by atoms with Crippen molar-refractivity contribution in [3.8, 4) is 5.75 Å². The number of hydrogen-bond donors (Lipinski definition) is 1. The molecule has 0 saturated heterocycles. The first-order valence-electron chi connectivity index (χ1n) is 7.33. The number of aromatic nitrogens is 1. The number of nitrogens with one attached hydrogen (secondary N) is 1. The molecule has 1 rings (SSSR count). The lowest BCUT2D eigenvalue weighted by molar-refractivity contribution is -0.147. The van der Waals surface area contributed by atoms with Gasteiger partial charge in [-0.15, -0.1) is 0 Å². The number of nitrogens with zero attached hydrogens (tertiary/aromatic N) is 1. The van der Waals surface area contributed by atoms with Crippen LogP contribution in [0.1, 0.15) is 43.7 Å². The van der Waals surface area contributed by atoms with Gasteiger partial charge in [0.2, 0.25) is 0 Å². The molecule has 126 valence electrons. The summed E-state index contributed by atoms with van der Waals surface area (Å²) < 4.78 is 10.1. The molecule has 1 N–H and O–H groups in total. The van der Waals surface area contributed by atoms with Gasteiger partial charge in [-0.05, 0) is 25.5 Å². The van der Waals surface area contributed by atoms with E-state index >= 15 is 0 Å². The Morgan fingerprint density at radius 3 is 2.48 bits per heavy atom. The molecule has 0 bridgehead atoms. The van der Waals surface area contributed by atoms with Crippen LogP contribution in [-0.2, 0) is 14.3 Å². The van der Waals surface area contributed by atoms with Gasteiger partial charge in [-0.3, -0.25) is 14.4 Å². The zero-order valence-electron chi connectivity index (χ0n) is 14.0. The highest BCUT2D eigenvalue weighted by Gasteiger charge is 2.20. The molecule has 23 heavy (non-hydrogen) atoms. The number of aryl methyl sites for hydroxylation is 1. The third kappa shape index (κ3) is 5.69. The molecule has 0 fully saturated rings. The van der Waals surface area contributed by atoms with Gasteiger partial charge in [-0.25, -0.2) is 4.98 Å². The Hall–Kier alpha value is -2.44. The number of rotatable bonds is 6. The minimum Gasteiger partial charge on any atom is -0.463 e. The third-order valence-electron chi connectivity index (χ3n) is 2.89. The molecular weight excluding hydrogens is 300 g/mol. The second-order valence-corrected chi connectivity index (χ2v) is 5.56. The van der Waals surface area contributed by atoms with Gasteiger partial charge < -0.3 is 14.8 Å². The Morgan fingerprint density at radius 1 is 1.26 bits per heavy atom. The largest absolute Gasteiger partial charge is 0.463 e.